The van der Waals surface area contributed by atoms with Crippen LogP contribution in [0.15, 0.2) is 64.3 Å². The number of aromatic hydroxyl groups is 1. The van der Waals surface area contributed by atoms with Gasteiger partial charge in [-0.3, -0.25) is 9.48 Å². The molecule has 0 aliphatic rings. The summed E-state index contributed by atoms with van der Waals surface area (Å²) in [4.78, 5) is 12.2. The number of hydrazone groups is 1. The number of amides is 1. The van der Waals surface area contributed by atoms with Crippen LogP contribution in [0.25, 0.3) is 0 Å². The minimum atomic E-state index is -0.442. The first kappa shape index (κ1) is 18.2. The van der Waals surface area contributed by atoms with E-state index in [0.717, 1.165) is 5.56 Å². The van der Waals surface area contributed by atoms with Gasteiger partial charge >= 0.3 is 0 Å². The van der Waals surface area contributed by atoms with Gasteiger partial charge in [0, 0.05) is 11.2 Å². The van der Waals surface area contributed by atoms with Crippen molar-refractivity contribution in [3.63, 3.8) is 0 Å². The van der Waals surface area contributed by atoms with Crippen molar-refractivity contribution in [2.75, 3.05) is 0 Å². The molecule has 2 N–H and O–H groups in total. The molecule has 8 heteroatoms. The predicted octanol–water partition coefficient (Wildman–Crippen LogP) is 3.82. The number of nitrogens with zero attached hydrogens (tertiary/aromatic N) is 3. The fraction of sp³-hybridized carbons (Fsp3) is 0.0556. The average molecular weight is 434 g/mol. The number of carbonyl (C=O) groups is 1. The molecule has 26 heavy (non-hydrogen) atoms. The van der Waals surface area contributed by atoms with Gasteiger partial charge in [0.2, 0.25) is 0 Å². The molecular formula is C18H14BrClN4O2. The molecule has 0 bridgehead atoms. The van der Waals surface area contributed by atoms with E-state index in [1.165, 1.54) is 12.3 Å². The number of rotatable bonds is 5. The zero-order valence-corrected chi connectivity index (χ0v) is 15.8. The monoisotopic (exact) mass is 432 g/mol. The van der Waals surface area contributed by atoms with Gasteiger partial charge in [-0.2, -0.15) is 10.2 Å². The Hall–Kier alpha value is -2.64. The molecule has 0 atom stereocenters. The second-order valence-corrected chi connectivity index (χ2v) is 6.73. The summed E-state index contributed by atoms with van der Waals surface area (Å²) in [5.41, 5.74) is 4.32. The molecule has 0 unspecified atom stereocenters. The average Bonchev–Trinajstić information content (AvgIpc) is 2.97. The highest BCUT2D eigenvalue weighted by Gasteiger charge is 2.14. The van der Waals surface area contributed by atoms with Crippen molar-refractivity contribution < 1.29 is 9.90 Å². The predicted molar refractivity (Wildman–Crippen MR) is 104 cm³/mol. The van der Waals surface area contributed by atoms with Crippen molar-refractivity contribution >= 4 is 39.7 Å². The van der Waals surface area contributed by atoms with Crippen molar-refractivity contribution in [3.05, 3.63) is 81.0 Å². The summed E-state index contributed by atoms with van der Waals surface area (Å²) >= 11 is 9.22. The minimum Gasteiger partial charge on any atom is -0.508 e. The van der Waals surface area contributed by atoms with E-state index in [9.17, 15) is 9.90 Å². The number of phenolic OH excluding ortho intramolecular Hbond substituents is 1. The lowest BCUT2D eigenvalue weighted by atomic mass is 10.2. The van der Waals surface area contributed by atoms with Gasteiger partial charge in [-0.25, -0.2) is 5.43 Å². The van der Waals surface area contributed by atoms with E-state index < -0.39 is 5.91 Å². The zero-order valence-electron chi connectivity index (χ0n) is 13.4. The number of phenols is 1. The van der Waals surface area contributed by atoms with Crippen molar-refractivity contribution in [3.8, 4) is 5.75 Å². The Morgan fingerprint density at radius 1 is 1.31 bits per heavy atom. The molecule has 1 aromatic heterocycles. The van der Waals surface area contributed by atoms with E-state index in [4.69, 9.17) is 11.6 Å². The first-order chi connectivity index (χ1) is 12.5. The van der Waals surface area contributed by atoms with Crippen LogP contribution in [0, 0.1) is 0 Å². The first-order valence-electron chi connectivity index (χ1n) is 7.61. The molecule has 2 aromatic carbocycles. The SMILES string of the molecule is O=C(N/N=C/c1cccc(O)c1)c1nn(Cc2ccc(Cl)cc2)cc1Br. The summed E-state index contributed by atoms with van der Waals surface area (Å²) in [6, 6.07) is 13.9. The quantitative estimate of drug-likeness (QED) is 0.474. The first-order valence-corrected chi connectivity index (χ1v) is 8.78. The van der Waals surface area contributed by atoms with Crippen molar-refractivity contribution in [2.24, 2.45) is 5.10 Å². The van der Waals surface area contributed by atoms with Crippen LogP contribution in [-0.2, 0) is 6.54 Å². The molecule has 0 saturated heterocycles. The molecule has 0 spiro atoms. The highest BCUT2D eigenvalue weighted by molar-refractivity contribution is 9.10. The van der Waals surface area contributed by atoms with Crippen LogP contribution in [0.3, 0.4) is 0 Å². The number of benzene rings is 2. The Balaban J connectivity index is 1.66. The van der Waals surface area contributed by atoms with Crippen molar-refractivity contribution in [1.29, 1.82) is 0 Å². The number of aromatic nitrogens is 2. The Labute approximate surface area is 163 Å². The van der Waals surface area contributed by atoms with Crippen molar-refractivity contribution in [1.82, 2.24) is 15.2 Å². The maximum atomic E-state index is 12.2. The topological polar surface area (TPSA) is 79.5 Å². The lowest BCUT2D eigenvalue weighted by molar-refractivity contribution is 0.0948. The normalized spacial score (nSPS) is 11.0. The third-order valence-corrected chi connectivity index (χ3v) is 4.27. The Morgan fingerprint density at radius 2 is 2.08 bits per heavy atom. The van der Waals surface area contributed by atoms with E-state index in [1.807, 2.05) is 12.1 Å². The summed E-state index contributed by atoms with van der Waals surface area (Å²) in [6.07, 6.45) is 3.17. The van der Waals surface area contributed by atoms with Gasteiger partial charge in [-0.1, -0.05) is 35.9 Å². The van der Waals surface area contributed by atoms with Gasteiger partial charge in [0.25, 0.3) is 5.91 Å². The van der Waals surface area contributed by atoms with E-state index in [2.05, 4.69) is 31.6 Å². The number of nitrogens with one attached hydrogen (secondary N) is 1. The number of halogens is 2. The highest BCUT2D eigenvalue weighted by Crippen LogP contribution is 2.17. The fourth-order valence-corrected chi connectivity index (χ4v) is 2.85. The van der Waals surface area contributed by atoms with E-state index in [0.29, 0.717) is 21.6 Å². The molecule has 0 aliphatic heterocycles. The molecule has 1 heterocycles. The van der Waals surface area contributed by atoms with E-state index in [-0.39, 0.29) is 11.4 Å². The van der Waals surface area contributed by atoms with Crippen LogP contribution in [0.1, 0.15) is 21.6 Å². The van der Waals surface area contributed by atoms with Crippen LogP contribution < -0.4 is 5.43 Å². The largest absolute Gasteiger partial charge is 0.508 e. The zero-order chi connectivity index (χ0) is 18.5. The summed E-state index contributed by atoms with van der Waals surface area (Å²) in [5.74, 6) is -0.313. The number of hydrogen-bond acceptors (Lipinski definition) is 4. The van der Waals surface area contributed by atoms with Gasteiger partial charge in [0.15, 0.2) is 5.69 Å². The third kappa shape index (κ3) is 4.71. The summed E-state index contributed by atoms with van der Waals surface area (Å²) in [6.45, 7) is 0.510. The second-order valence-electron chi connectivity index (χ2n) is 5.44. The molecule has 0 saturated carbocycles. The molecule has 0 fully saturated rings. The van der Waals surface area contributed by atoms with E-state index >= 15 is 0 Å². The highest BCUT2D eigenvalue weighted by atomic mass is 79.9. The third-order valence-electron chi connectivity index (χ3n) is 3.44. The Kier molecular flexibility index (Phi) is 5.70. The number of carbonyl (C=O) groups excluding carboxylic acids is 1. The van der Waals surface area contributed by atoms with Crippen LogP contribution in [-0.4, -0.2) is 27.0 Å². The summed E-state index contributed by atoms with van der Waals surface area (Å²) in [7, 11) is 0. The van der Waals surface area contributed by atoms with E-state index in [1.54, 1.807) is 41.2 Å². The lowest BCUT2D eigenvalue weighted by Gasteiger charge is -2.01. The van der Waals surface area contributed by atoms with Crippen molar-refractivity contribution in [2.45, 2.75) is 6.54 Å². The van der Waals surface area contributed by atoms with Gasteiger partial charge in [0.05, 0.1) is 17.2 Å². The maximum Gasteiger partial charge on any atom is 0.293 e. The maximum absolute atomic E-state index is 12.2. The number of hydrogen-bond donors (Lipinski definition) is 2. The second kappa shape index (κ2) is 8.16. The molecular weight excluding hydrogens is 420 g/mol. The van der Waals surface area contributed by atoms with Crippen LogP contribution >= 0.6 is 27.5 Å². The Morgan fingerprint density at radius 3 is 2.81 bits per heavy atom. The lowest BCUT2D eigenvalue weighted by Crippen LogP contribution is -2.19. The molecule has 132 valence electrons. The van der Waals surface area contributed by atoms with Crippen LogP contribution in [0.5, 0.6) is 5.75 Å². The van der Waals surface area contributed by atoms with Gasteiger partial charge in [0.1, 0.15) is 5.75 Å². The molecule has 0 aliphatic carbocycles. The van der Waals surface area contributed by atoms with Crippen LogP contribution in [0.4, 0.5) is 0 Å². The molecule has 1 amide bonds. The minimum absolute atomic E-state index is 0.129. The summed E-state index contributed by atoms with van der Waals surface area (Å²) < 4.78 is 2.22. The van der Waals surface area contributed by atoms with Gasteiger partial charge in [-0.05, 0) is 51.3 Å². The molecule has 6 nitrogen and oxygen atoms in total. The molecule has 3 rings (SSSR count). The standard InChI is InChI=1S/C18H14BrClN4O2/c19-16-11-24(10-12-4-6-14(20)7-5-12)23-17(16)18(26)22-21-9-13-2-1-3-15(25)8-13/h1-9,11,25H,10H2,(H,22,26)/b21-9+. The van der Waals surface area contributed by atoms with Crippen LogP contribution in [0.2, 0.25) is 5.02 Å². The smallest absolute Gasteiger partial charge is 0.293 e. The summed E-state index contributed by atoms with van der Waals surface area (Å²) in [5, 5.41) is 18.2. The van der Waals surface area contributed by atoms with Gasteiger partial charge in [-0.15, -0.1) is 0 Å². The Bertz CT molecular complexity index is 954. The van der Waals surface area contributed by atoms with Gasteiger partial charge < -0.3 is 5.11 Å². The fourth-order valence-electron chi connectivity index (χ4n) is 2.23. The molecule has 0 radical (unpaired) electrons. The molecule has 3 aromatic rings.